The summed E-state index contributed by atoms with van der Waals surface area (Å²) in [5.41, 5.74) is 16.1. The van der Waals surface area contributed by atoms with Gasteiger partial charge in [0.15, 0.2) is 0 Å². The summed E-state index contributed by atoms with van der Waals surface area (Å²) in [6, 6.07) is 4.03. The monoisotopic (exact) mass is 190 g/mol. The molecule has 1 aromatic rings. The fourth-order valence-corrected chi connectivity index (χ4v) is 1.49. The predicted octanol–water partition coefficient (Wildman–Crippen LogP) is 2.46. The van der Waals surface area contributed by atoms with Crippen LogP contribution in [0.4, 0.5) is 5.69 Å². The summed E-state index contributed by atoms with van der Waals surface area (Å²) in [5.74, 6) is 0. The first-order chi connectivity index (χ1) is 6.57. The van der Waals surface area contributed by atoms with Crippen LogP contribution < -0.4 is 11.5 Å². The maximum absolute atomic E-state index is 6.00. The highest BCUT2D eigenvalue weighted by Crippen LogP contribution is 2.26. The van der Waals surface area contributed by atoms with Crippen molar-refractivity contribution in [3.8, 4) is 0 Å². The van der Waals surface area contributed by atoms with E-state index in [0.717, 1.165) is 23.2 Å². The molecule has 0 aromatic heterocycles. The largest absolute Gasteiger partial charge is 0.398 e. The van der Waals surface area contributed by atoms with E-state index in [4.69, 9.17) is 11.5 Å². The SMILES string of the molecule is C=CC[C@H](N)c1ccc(C)c(C)c1N. The number of hydrogen-bond acceptors (Lipinski definition) is 2. The topological polar surface area (TPSA) is 52.0 Å². The lowest BCUT2D eigenvalue weighted by Crippen LogP contribution is -2.12. The molecule has 1 atom stereocenters. The van der Waals surface area contributed by atoms with E-state index in [-0.39, 0.29) is 6.04 Å². The summed E-state index contributed by atoms with van der Waals surface area (Å²) in [6.07, 6.45) is 2.58. The number of anilines is 1. The van der Waals surface area contributed by atoms with Gasteiger partial charge in [0.25, 0.3) is 0 Å². The molecule has 1 rings (SSSR count). The van der Waals surface area contributed by atoms with Crippen molar-refractivity contribution in [2.75, 3.05) is 5.73 Å². The third-order valence-electron chi connectivity index (χ3n) is 2.64. The number of benzene rings is 1. The van der Waals surface area contributed by atoms with Crippen molar-refractivity contribution in [2.24, 2.45) is 5.73 Å². The highest BCUT2D eigenvalue weighted by molar-refractivity contribution is 5.57. The second kappa shape index (κ2) is 4.29. The Hall–Kier alpha value is -1.28. The van der Waals surface area contributed by atoms with Gasteiger partial charge in [-0.3, -0.25) is 0 Å². The van der Waals surface area contributed by atoms with Gasteiger partial charge < -0.3 is 11.5 Å². The molecule has 0 heterocycles. The molecule has 0 amide bonds. The second-order valence-corrected chi connectivity index (χ2v) is 3.64. The number of nitrogen functional groups attached to an aromatic ring is 1. The molecular formula is C12H18N2. The third-order valence-corrected chi connectivity index (χ3v) is 2.64. The van der Waals surface area contributed by atoms with E-state index in [1.54, 1.807) is 0 Å². The number of rotatable bonds is 3. The van der Waals surface area contributed by atoms with Crippen LogP contribution in [0.1, 0.15) is 29.2 Å². The van der Waals surface area contributed by atoms with Gasteiger partial charge in [-0.1, -0.05) is 18.2 Å². The zero-order valence-electron chi connectivity index (χ0n) is 8.88. The Bertz CT molecular complexity index is 342. The fourth-order valence-electron chi connectivity index (χ4n) is 1.49. The van der Waals surface area contributed by atoms with Crippen LogP contribution >= 0.6 is 0 Å². The van der Waals surface area contributed by atoms with E-state index in [0.29, 0.717) is 0 Å². The summed E-state index contributed by atoms with van der Waals surface area (Å²) in [7, 11) is 0. The molecule has 4 N–H and O–H groups in total. The maximum atomic E-state index is 6.00. The van der Waals surface area contributed by atoms with Crippen LogP contribution in [-0.2, 0) is 0 Å². The van der Waals surface area contributed by atoms with E-state index in [1.165, 1.54) is 5.56 Å². The highest BCUT2D eigenvalue weighted by Gasteiger charge is 2.10. The molecule has 0 radical (unpaired) electrons. The summed E-state index contributed by atoms with van der Waals surface area (Å²) in [6.45, 7) is 7.75. The lowest BCUT2D eigenvalue weighted by molar-refractivity contribution is 0.743. The van der Waals surface area contributed by atoms with Gasteiger partial charge in [0.05, 0.1) is 0 Å². The molecule has 0 bridgehead atoms. The van der Waals surface area contributed by atoms with Crippen molar-refractivity contribution in [3.63, 3.8) is 0 Å². The molecule has 76 valence electrons. The minimum Gasteiger partial charge on any atom is -0.398 e. The lowest BCUT2D eigenvalue weighted by atomic mass is 9.97. The lowest BCUT2D eigenvalue weighted by Gasteiger charge is -2.15. The quantitative estimate of drug-likeness (QED) is 0.568. The zero-order valence-corrected chi connectivity index (χ0v) is 8.88. The van der Waals surface area contributed by atoms with E-state index in [1.807, 2.05) is 19.1 Å². The average Bonchev–Trinajstić information content (AvgIpc) is 2.15. The molecule has 0 saturated carbocycles. The molecule has 0 unspecified atom stereocenters. The van der Waals surface area contributed by atoms with Crippen LogP contribution in [0.5, 0.6) is 0 Å². The Morgan fingerprint density at radius 1 is 1.43 bits per heavy atom. The molecule has 0 aliphatic carbocycles. The molecule has 0 aliphatic rings. The second-order valence-electron chi connectivity index (χ2n) is 3.64. The highest BCUT2D eigenvalue weighted by atomic mass is 14.7. The molecule has 0 aliphatic heterocycles. The smallest absolute Gasteiger partial charge is 0.0394 e. The van der Waals surface area contributed by atoms with Crippen molar-refractivity contribution in [2.45, 2.75) is 26.3 Å². The predicted molar refractivity (Wildman–Crippen MR) is 62.1 cm³/mol. The van der Waals surface area contributed by atoms with E-state index < -0.39 is 0 Å². The van der Waals surface area contributed by atoms with Gasteiger partial charge in [-0.2, -0.15) is 0 Å². The van der Waals surface area contributed by atoms with Crippen molar-refractivity contribution < 1.29 is 0 Å². The first kappa shape index (κ1) is 10.8. The average molecular weight is 190 g/mol. The summed E-state index contributed by atoms with van der Waals surface area (Å²) in [5, 5.41) is 0. The van der Waals surface area contributed by atoms with Gasteiger partial charge >= 0.3 is 0 Å². The molecule has 2 heteroatoms. The Labute approximate surface area is 85.6 Å². The van der Waals surface area contributed by atoms with E-state index in [2.05, 4.69) is 19.6 Å². The van der Waals surface area contributed by atoms with Gasteiger partial charge in [-0.15, -0.1) is 6.58 Å². The fraction of sp³-hybridized carbons (Fsp3) is 0.333. The summed E-state index contributed by atoms with van der Waals surface area (Å²) in [4.78, 5) is 0. The van der Waals surface area contributed by atoms with Gasteiger partial charge in [0, 0.05) is 11.7 Å². The van der Waals surface area contributed by atoms with Crippen LogP contribution in [0.3, 0.4) is 0 Å². The van der Waals surface area contributed by atoms with Crippen LogP contribution in [-0.4, -0.2) is 0 Å². The molecule has 0 spiro atoms. The molecule has 2 nitrogen and oxygen atoms in total. The zero-order chi connectivity index (χ0) is 10.7. The van der Waals surface area contributed by atoms with Crippen molar-refractivity contribution in [1.82, 2.24) is 0 Å². The Morgan fingerprint density at radius 2 is 2.07 bits per heavy atom. The molecule has 1 aromatic carbocycles. The molecule has 0 fully saturated rings. The first-order valence-corrected chi connectivity index (χ1v) is 4.80. The van der Waals surface area contributed by atoms with Gasteiger partial charge in [-0.05, 0) is 37.0 Å². The van der Waals surface area contributed by atoms with Gasteiger partial charge in [0.2, 0.25) is 0 Å². The normalized spacial score (nSPS) is 12.5. The Morgan fingerprint density at radius 3 is 2.64 bits per heavy atom. The Kier molecular flexibility index (Phi) is 3.31. The number of aryl methyl sites for hydroxylation is 1. The molecular weight excluding hydrogens is 172 g/mol. The van der Waals surface area contributed by atoms with Crippen molar-refractivity contribution in [1.29, 1.82) is 0 Å². The summed E-state index contributed by atoms with van der Waals surface area (Å²) < 4.78 is 0. The number of hydrogen-bond donors (Lipinski definition) is 2. The first-order valence-electron chi connectivity index (χ1n) is 4.80. The standard InChI is InChI=1S/C12H18N2/c1-4-5-11(13)10-7-6-8(2)9(3)12(10)14/h4,6-7,11H,1,5,13-14H2,2-3H3/t11-/m0/s1. The van der Waals surface area contributed by atoms with Crippen molar-refractivity contribution >= 4 is 5.69 Å². The molecule has 14 heavy (non-hydrogen) atoms. The summed E-state index contributed by atoms with van der Waals surface area (Å²) >= 11 is 0. The molecule has 0 saturated heterocycles. The van der Waals surface area contributed by atoms with Crippen molar-refractivity contribution in [3.05, 3.63) is 41.5 Å². The maximum Gasteiger partial charge on any atom is 0.0394 e. The van der Waals surface area contributed by atoms with Crippen LogP contribution in [0.2, 0.25) is 0 Å². The van der Waals surface area contributed by atoms with Crippen LogP contribution in [0, 0.1) is 13.8 Å². The van der Waals surface area contributed by atoms with Gasteiger partial charge in [-0.25, -0.2) is 0 Å². The minimum atomic E-state index is -0.0354. The van der Waals surface area contributed by atoms with E-state index >= 15 is 0 Å². The minimum absolute atomic E-state index is 0.0354. The van der Waals surface area contributed by atoms with Crippen LogP contribution in [0.15, 0.2) is 24.8 Å². The van der Waals surface area contributed by atoms with E-state index in [9.17, 15) is 0 Å². The third kappa shape index (κ3) is 1.96. The van der Waals surface area contributed by atoms with Gasteiger partial charge in [0.1, 0.15) is 0 Å². The number of nitrogens with two attached hydrogens (primary N) is 2. The van der Waals surface area contributed by atoms with Crippen LogP contribution in [0.25, 0.3) is 0 Å². The Balaban J connectivity index is 3.10.